The van der Waals surface area contributed by atoms with E-state index < -0.39 is 0 Å². The van der Waals surface area contributed by atoms with Gasteiger partial charge in [0.25, 0.3) is 0 Å². The molecule has 0 N–H and O–H groups in total. The van der Waals surface area contributed by atoms with E-state index in [4.69, 9.17) is 0 Å². The first-order chi connectivity index (χ1) is 9.70. The van der Waals surface area contributed by atoms with Gasteiger partial charge in [-0.2, -0.15) is 10.2 Å². The molecule has 0 amide bonds. The highest BCUT2D eigenvalue weighted by Gasteiger charge is 2.17. The van der Waals surface area contributed by atoms with E-state index in [0.717, 1.165) is 33.7 Å². The minimum atomic E-state index is 0.750. The van der Waals surface area contributed by atoms with Gasteiger partial charge in [-0.3, -0.25) is 0 Å². The van der Waals surface area contributed by atoms with Crippen LogP contribution in [0.3, 0.4) is 0 Å². The minimum absolute atomic E-state index is 0.750. The summed E-state index contributed by atoms with van der Waals surface area (Å²) in [6.07, 6.45) is 3.87. The average Bonchev–Trinajstić information content (AvgIpc) is 3.03. The Morgan fingerprint density at radius 3 is 2.50 bits per heavy atom. The van der Waals surface area contributed by atoms with E-state index >= 15 is 0 Å². The summed E-state index contributed by atoms with van der Waals surface area (Å²) in [6.45, 7) is 4.06. The molecule has 2 heterocycles. The summed E-state index contributed by atoms with van der Waals surface area (Å²) >= 11 is 3.55. The van der Waals surface area contributed by atoms with Crippen molar-refractivity contribution in [3.8, 4) is 11.5 Å². The molecule has 0 aliphatic carbocycles. The maximum atomic E-state index is 4.66. The molecule has 0 unspecified atom stereocenters. The first kappa shape index (κ1) is 13.1. The molecule has 20 heavy (non-hydrogen) atoms. The zero-order chi connectivity index (χ0) is 14.1. The fraction of sp³-hybridized carbons (Fsp3) is 0.200. The molecular weight excluding hydrogens is 316 g/mol. The lowest BCUT2D eigenvalue weighted by molar-refractivity contribution is 0.758. The van der Waals surface area contributed by atoms with Crippen molar-refractivity contribution in [3.05, 3.63) is 59.5 Å². The summed E-state index contributed by atoms with van der Waals surface area (Å²) in [5.74, 6) is 0.985. The maximum Gasteiger partial charge on any atom is 0.161 e. The summed E-state index contributed by atoms with van der Waals surface area (Å²) in [5, 5.41) is 9.84. The van der Waals surface area contributed by atoms with Gasteiger partial charge in [0.15, 0.2) is 5.82 Å². The minimum Gasteiger partial charge on any atom is -0.222 e. The third kappa shape index (κ3) is 2.18. The van der Waals surface area contributed by atoms with E-state index in [1.165, 1.54) is 0 Å². The molecule has 1 aromatic carbocycles. The van der Waals surface area contributed by atoms with Gasteiger partial charge in [0, 0.05) is 17.1 Å². The van der Waals surface area contributed by atoms with Crippen LogP contribution in [0.25, 0.3) is 11.5 Å². The third-order valence-electron chi connectivity index (χ3n) is 3.22. The van der Waals surface area contributed by atoms with E-state index in [0.29, 0.717) is 0 Å². The van der Waals surface area contributed by atoms with E-state index in [1.807, 2.05) is 65.9 Å². The standard InChI is InChI=1S/C15H15BrN4/c1-11-9-17-19(10-11)15-14(8-16)12(2)18-20(15)13-6-4-3-5-7-13/h3-7,9-10H,8H2,1-2H3. The van der Waals surface area contributed by atoms with Crippen LogP contribution in [0.4, 0.5) is 0 Å². The zero-order valence-corrected chi connectivity index (χ0v) is 13.0. The van der Waals surface area contributed by atoms with Crippen LogP contribution in [-0.4, -0.2) is 19.6 Å². The molecule has 0 radical (unpaired) electrons. The van der Waals surface area contributed by atoms with Crippen LogP contribution >= 0.6 is 15.9 Å². The SMILES string of the molecule is Cc1cnn(-c2c(CBr)c(C)nn2-c2ccccc2)c1. The van der Waals surface area contributed by atoms with Crippen molar-refractivity contribution >= 4 is 15.9 Å². The highest BCUT2D eigenvalue weighted by molar-refractivity contribution is 9.08. The molecule has 0 atom stereocenters. The van der Waals surface area contributed by atoms with Crippen molar-refractivity contribution in [2.75, 3.05) is 0 Å². The van der Waals surface area contributed by atoms with E-state index in [9.17, 15) is 0 Å². The second-order valence-corrected chi connectivity index (χ2v) is 5.29. The van der Waals surface area contributed by atoms with E-state index in [2.05, 4.69) is 26.1 Å². The molecule has 3 aromatic rings. The summed E-state index contributed by atoms with van der Waals surface area (Å²) in [6, 6.07) is 10.1. The lowest BCUT2D eigenvalue weighted by Crippen LogP contribution is -2.07. The van der Waals surface area contributed by atoms with Gasteiger partial charge >= 0.3 is 0 Å². The van der Waals surface area contributed by atoms with Crippen molar-refractivity contribution < 1.29 is 0 Å². The fourth-order valence-electron chi connectivity index (χ4n) is 2.22. The van der Waals surface area contributed by atoms with E-state index in [1.54, 1.807) is 0 Å². The van der Waals surface area contributed by atoms with Gasteiger partial charge in [-0.1, -0.05) is 34.1 Å². The molecule has 2 aromatic heterocycles. The number of para-hydroxylation sites is 1. The first-order valence-corrected chi connectivity index (χ1v) is 7.54. The molecule has 0 spiro atoms. The molecule has 4 nitrogen and oxygen atoms in total. The number of aromatic nitrogens is 4. The summed E-state index contributed by atoms with van der Waals surface area (Å²) < 4.78 is 3.83. The van der Waals surface area contributed by atoms with Crippen molar-refractivity contribution in [2.24, 2.45) is 0 Å². The highest BCUT2D eigenvalue weighted by Crippen LogP contribution is 2.24. The number of nitrogens with zero attached hydrogens (tertiary/aromatic N) is 4. The average molecular weight is 331 g/mol. The van der Waals surface area contributed by atoms with E-state index in [-0.39, 0.29) is 0 Å². The van der Waals surface area contributed by atoms with Gasteiger partial charge in [0.2, 0.25) is 0 Å². The molecule has 0 bridgehead atoms. The number of hydrogen-bond donors (Lipinski definition) is 0. The lowest BCUT2D eigenvalue weighted by atomic mass is 10.2. The topological polar surface area (TPSA) is 35.6 Å². The number of hydrogen-bond acceptors (Lipinski definition) is 2. The maximum absolute atomic E-state index is 4.66. The number of alkyl halides is 1. The normalized spacial score (nSPS) is 10.9. The summed E-state index contributed by atoms with van der Waals surface area (Å²) in [7, 11) is 0. The highest BCUT2D eigenvalue weighted by atomic mass is 79.9. The molecular formula is C15H15BrN4. The predicted octanol–water partition coefficient (Wildman–Crippen LogP) is 3.57. The number of aryl methyl sites for hydroxylation is 2. The Bertz CT molecular complexity index is 728. The van der Waals surface area contributed by atoms with Gasteiger partial charge in [-0.05, 0) is 31.5 Å². The predicted molar refractivity (Wildman–Crippen MR) is 82.8 cm³/mol. The Morgan fingerprint density at radius 1 is 1.15 bits per heavy atom. The van der Waals surface area contributed by atoms with Crippen LogP contribution in [-0.2, 0) is 5.33 Å². The Kier molecular flexibility index (Phi) is 3.44. The molecule has 0 saturated carbocycles. The fourth-order valence-corrected chi connectivity index (χ4v) is 2.87. The number of halogens is 1. The Morgan fingerprint density at radius 2 is 1.90 bits per heavy atom. The van der Waals surface area contributed by atoms with Crippen LogP contribution in [0.2, 0.25) is 0 Å². The van der Waals surface area contributed by atoms with Crippen molar-refractivity contribution in [1.29, 1.82) is 0 Å². The first-order valence-electron chi connectivity index (χ1n) is 6.42. The van der Waals surface area contributed by atoms with Gasteiger partial charge in [0.1, 0.15) is 0 Å². The molecule has 0 saturated heterocycles. The quantitative estimate of drug-likeness (QED) is 0.688. The van der Waals surface area contributed by atoms with Gasteiger partial charge in [-0.15, -0.1) is 0 Å². The molecule has 0 aliphatic heterocycles. The molecule has 0 fully saturated rings. The molecule has 102 valence electrons. The molecule has 5 heteroatoms. The van der Waals surface area contributed by atoms with Crippen molar-refractivity contribution in [1.82, 2.24) is 19.6 Å². The largest absolute Gasteiger partial charge is 0.222 e. The van der Waals surface area contributed by atoms with Crippen LogP contribution < -0.4 is 0 Å². The van der Waals surface area contributed by atoms with Crippen LogP contribution in [0, 0.1) is 13.8 Å². The van der Waals surface area contributed by atoms with Gasteiger partial charge in [-0.25, -0.2) is 9.36 Å². The second-order valence-electron chi connectivity index (χ2n) is 4.73. The Hall–Kier alpha value is -1.88. The van der Waals surface area contributed by atoms with Crippen LogP contribution in [0.5, 0.6) is 0 Å². The van der Waals surface area contributed by atoms with Crippen LogP contribution in [0.1, 0.15) is 16.8 Å². The Labute approximate surface area is 126 Å². The molecule has 0 aliphatic rings. The number of benzene rings is 1. The van der Waals surface area contributed by atoms with Crippen molar-refractivity contribution in [2.45, 2.75) is 19.2 Å². The summed E-state index contributed by atoms with van der Waals surface area (Å²) in [4.78, 5) is 0. The number of rotatable bonds is 3. The zero-order valence-electron chi connectivity index (χ0n) is 11.4. The van der Waals surface area contributed by atoms with Crippen molar-refractivity contribution in [3.63, 3.8) is 0 Å². The molecule has 3 rings (SSSR count). The van der Waals surface area contributed by atoms with Gasteiger partial charge in [0.05, 0.1) is 17.6 Å². The van der Waals surface area contributed by atoms with Gasteiger partial charge < -0.3 is 0 Å². The van der Waals surface area contributed by atoms with Crippen LogP contribution in [0.15, 0.2) is 42.7 Å². The second kappa shape index (κ2) is 5.25. The lowest BCUT2D eigenvalue weighted by Gasteiger charge is -2.08. The summed E-state index contributed by atoms with van der Waals surface area (Å²) in [5.41, 5.74) is 4.32. The Balaban J connectivity index is 2.25. The smallest absolute Gasteiger partial charge is 0.161 e. The third-order valence-corrected chi connectivity index (χ3v) is 3.78. The monoisotopic (exact) mass is 330 g/mol.